The van der Waals surface area contributed by atoms with Crippen molar-refractivity contribution in [3.05, 3.63) is 81.6 Å². The van der Waals surface area contributed by atoms with E-state index in [4.69, 9.17) is 0 Å². The zero-order chi connectivity index (χ0) is 18.0. The van der Waals surface area contributed by atoms with Gasteiger partial charge in [-0.05, 0) is 55.8 Å². The molecule has 0 radical (unpaired) electrons. The zero-order valence-corrected chi connectivity index (χ0v) is 16.1. The largest absolute Gasteiger partial charge is 0.337 e. The van der Waals surface area contributed by atoms with Gasteiger partial charge in [-0.1, -0.05) is 34.1 Å². The second kappa shape index (κ2) is 7.23. The van der Waals surface area contributed by atoms with E-state index >= 15 is 0 Å². The number of hydrogen-bond acceptors (Lipinski definition) is 2. The molecule has 1 aromatic heterocycles. The van der Waals surface area contributed by atoms with Crippen LogP contribution in [0, 0.1) is 13.8 Å². The number of carbonyl (C=O) groups excluding carboxylic acids is 1. The average Bonchev–Trinajstić information content (AvgIpc) is 2.94. The third-order valence-corrected chi connectivity index (χ3v) is 4.85. The number of aryl methyl sites for hydroxylation is 2. The Kier molecular flexibility index (Phi) is 5.04. The molecule has 3 aromatic rings. The van der Waals surface area contributed by atoms with E-state index in [-0.39, 0.29) is 5.91 Å². The van der Waals surface area contributed by atoms with Crippen molar-refractivity contribution in [3.8, 4) is 5.69 Å². The van der Waals surface area contributed by atoms with Crippen LogP contribution in [-0.4, -0.2) is 27.6 Å². The molecule has 0 bridgehead atoms. The van der Waals surface area contributed by atoms with Crippen LogP contribution in [0.3, 0.4) is 0 Å². The minimum absolute atomic E-state index is 0.00401. The molecule has 0 aliphatic carbocycles. The highest BCUT2D eigenvalue weighted by molar-refractivity contribution is 9.10. The molecule has 0 atom stereocenters. The number of amides is 1. The van der Waals surface area contributed by atoms with Crippen molar-refractivity contribution in [2.45, 2.75) is 20.4 Å². The molecule has 1 amide bonds. The Morgan fingerprint density at radius 2 is 1.80 bits per heavy atom. The predicted molar refractivity (Wildman–Crippen MR) is 103 cm³/mol. The first kappa shape index (κ1) is 17.4. The third-order valence-electron chi connectivity index (χ3n) is 4.08. The molecule has 0 aliphatic rings. The minimum atomic E-state index is -0.00401. The van der Waals surface area contributed by atoms with Crippen LogP contribution in [0.5, 0.6) is 0 Å². The van der Waals surface area contributed by atoms with E-state index in [1.165, 1.54) is 0 Å². The maximum Gasteiger partial charge on any atom is 0.253 e. The lowest BCUT2D eigenvalue weighted by molar-refractivity contribution is 0.0785. The van der Waals surface area contributed by atoms with Gasteiger partial charge in [0, 0.05) is 29.3 Å². The Morgan fingerprint density at radius 1 is 1.12 bits per heavy atom. The fourth-order valence-corrected chi connectivity index (χ4v) is 3.22. The number of nitrogens with zero attached hydrogens (tertiary/aromatic N) is 3. The smallest absolute Gasteiger partial charge is 0.253 e. The Morgan fingerprint density at radius 3 is 2.40 bits per heavy atom. The summed E-state index contributed by atoms with van der Waals surface area (Å²) in [5.74, 6) is -0.00401. The Hall–Kier alpha value is -2.40. The molecule has 0 unspecified atom stereocenters. The van der Waals surface area contributed by atoms with Crippen LogP contribution in [0.2, 0.25) is 0 Å². The first-order valence-electron chi connectivity index (χ1n) is 8.08. The molecule has 0 fully saturated rings. The molecule has 0 saturated heterocycles. The van der Waals surface area contributed by atoms with Crippen LogP contribution in [0.1, 0.15) is 27.3 Å². The van der Waals surface area contributed by atoms with E-state index in [0.29, 0.717) is 12.1 Å². The lowest BCUT2D eigenvalue weighted by Gasteiger charge is -2.18. The van der Waals surface area contributed by atoms with Crippen LogP contribution in [0.25, 0.3) is 5.69 Å². The van der Waals surface area contributed by atoms with E-state index in [9.17, 15) is 4.79 Å². The molecular weight excluding hydrogens is 378 g/mol. The molecule has 4 nitrogen and oxygen atoms in total. The van der Waals surface area contributed by atoms with Gasteiger partial charge in [-0.3, -0.25) is 4.79 Å². The summed E-state index contributed by atoms with van der Waals surface area (Å²) in [6, 6.07) is 17.5. The molecule has 0 saturated carbocycles. The normalized spacial score (nSPS) is 10.7. The van der Waals surface area contributed by atoms with Gasteiger partial charge in [0.05, 0.1) is 11.4 Å². The van der Waals surface area contributed by atoms with E-state index in [1.807, 2.05) is 80.2 Å². The number of aromatic nitrogens is 2. The van der Waals surface area contributed by atoms with Gasteiger partial charge >= 0.3 is 0 Å². The van der Waals surface area contributed by atoms with Crippen molar-refractivity contribution >= 4 is 21.8 Å². The van der Waals surface area contributed by atoms with Gasteiger partial charge in [0.1, 0.15) is 0 Å². The van der Waals surface area contributed by atoms with Crippen LogP contribution in [0.15, 0.2) is 59.1 Å². The number of carbonyl (C=O) groups is 1. The molecule has 25 heavy (non-hydrogen) atoms. The van der Waals surface area contributed by atoms with Crippen molar-refractivity contribution in [1.82, 2.24) is 14.7 Å². The molecule has 1 heterocycles. The van der Waals surface area contributed by atoms with E-state index in [1.54, 1.807) is 4.90 Å². The first-order valence-corrected chi connectivity index (χ1v) is 8.87. The summed E-state index contributed by atoms with van der Waals surface area (Å²) in [6.45, 7) is 4.54. The highest BCUT2D eigenvalue weighted by Crippen LogP contribution is 2.19. The number of benzene rings is 2. The van der Waals surface area contributed by atoms with Crippen LogP contribution < -0.4 is 0 Å². The molecule has 0 N–H and O–H groups in total. The fourth-order valence-electron chi connectivity index (χ4n) is 2.81. The van der Waals surface area contributed by atoms with E-state index in [2.05, 4.69) is 21.0 Å². The standard InChI is InChI=1S/C20H20BrN3O/c1-14-12-15(2)24(22-14)18-10-8-16(9-11-18)20(25)23(3)13-17-6-4-5-7-19(17)21/h4-12H,13H2,1-3H3. The number of hydrogen-bond donors (Lipinski definition) is 0. The zero-order valence-electron chi connectivity index (χ0n) is 14.5. The third kappa shape index (κ3) is 3.82. The van der Waals surface area contributed by atoms with Crippen molar-refractivity contribution in [2.24, 2.45) is 0 Å². The predicted octanol–water partition coefficient (Wildman–Crippen LogP) is 4.52. The number of halogens is 1. The van der Waals surface area contributed by atoms with Gasteiger partial charge in [-0.25, -0.2) is 4.68 Å². The van der Waals surface area contributed by atoms with Gasteiger partial charge in [0.15, 0.2) is 0 Å². The number of rotatable bonds is 4. The molecule has 0 spiro atoms. The second-order valence-electron chi connectivity index (χ2n) is 6.14. The summed E-state index contributed by atoms with van der Waals surface area (Å²) in [4.78, 5) is 14.4. The summed E-state index contributed by atoms with van der Waals surface area (Å²) in [5.41, 5.74) is 4.75. The summed E-state index contributed by atoms with van der Waals surface area (Å²) >= 11 is 3.53. The summed E-state index contributed by atoms with van der Waals surface area (Å²) < 4.78 is 2.89. The van der Waals surface area contributed by atoms with Crippen LogP contribution in [-0.2, 0) is 6.54 Å². The summed E-state index contributed by atoms with van der Waals surface area (Å²) in [7, 11) is 1.82. The molecule has 128 valence electrons. The van der Waals surface area contributed by atoms with Crippen LogP contribution in [0.4, 0.5) is 0 Å². The summed E-state index contributed by atoms with van der Waals surface area (Å²) in [6.07, 6.45) is 0. The lowest BCUT2D eigenvalue weighted by Crippen LogP contribution is -2.26. The quantitative estimate of drug-likeness (QED) is 0.648. The van der Waals surface area contributed by atoms with Gasteiger partial charge < -0.3 is 4.90 Å². The van der Waals surface area contributed by atoms with Gasteiger partial charge in [-0.2, -0.15) is 5.10 Å². The Labute approximate surface area is 156 Å². The van der Waals surface area contributed by atoms with Gasteiger partial charge in [0.25, 0.3) is 5.91 Å². The van der Waals surface area contributed by atoms with E-state index < -0.39 is 0 Å². The minimum Gasteiger partial charge on any atom is -0.337 e. The topological polar surface area (TPSA) is 38.1 Å². The Balaban J connectivity index is 1.76. The fraction of sp³-hybridized carbons (Fsp3) is 0.200. The van der Waals surface area contributed by atoms with Crippen molar-refractivity contribution in [3.63, 3.8) is 0 Å². The van der Waals surface area contributed by atoms with E-state index in [0.717, 1.165) is 27.1 Å². The van der Waals surface area contributed by atoms with Crippen molar-refractivity contribution in [1.29, 1.82) is 0 Å². The molecule has 5 heteroatoms. The summed E-state index contributed by atoms with van der Waals surface area (Å²) in [5, 5.41) is 4.47. The molecule has 0 aliphatic heterocycles. The van der Waals surface area contributed by atoms with Crippen LogP contribution >= 0.6 is 15.9 Å². The molecule has 2 aromatic carbocycles. The SMILES string of the molecule is Cc1cc(C)n(-c2ccc(C(=O)N(C)Cc3ccccc3Br)cc2)n1. The maximum absolute atomic E-state index is 12.7. The molecule has 3 rings (SSSR count). The lowest BCUT2D eigenvalue weighted by atomic mass is 10.1. The van der Waals surface area contributed by atoms with Gasteiger partial charge in [0.2, 0.25) is 0 Å². The highest BCUT2D eigenvalue weighted by atomic mass is 79.9. The second-order valence-corrected chi connectivity index (χ2v) is 6.99. The average molecular weight is 398 g/mol. The highest BCUT2D eigenvalue weighted by Gasteiger charge is 2.13. The maximum atomic E-state index is 12.7. The van der Waals surface area contributed by atoms with Crippen molar-refractivity contribution in [2.75, 3.05) is 7.05 Å². The monoisotopic (exact) mass is 397 g/mol. The Bertz CT molecular complexity index is 900. The van der Waals surface area contributed by atoms with Gasteiger partial charge in [-0.15, -0.1) is 0 Å². The van der Waals surface area contributed by atoms with Crippen molar-refractivity contribution < 1.29 is 4.79 Å². The first-order chi connectivity index (χ1) is 12.0. The molecular formula is C20H20BrN3O.